The molecule has 7 N–H and O–H groups in total. The minimum absolute atomic E-state index is 0.0777. The number of rotatable bonds is 10. The van der Waals surface area contributed by atoms with Crippen LogP contribution in [-0.2, 0) is 47.4 Å². The molecule has 71 heavy (non-hydrogen) atoms. The molecular formula is C54H94O17. The normalized spacial score (nSPS) is 47.7. The van der Waals surface area contributed by atoms with E-state index in [2.05, 4.69) is 26.0 Å². The highest BCUT2D eigenvalue weighted by molar-refractivity contribution is 5.82. The van der Waals surface area contributed by atoms with E-state index >= 15 is 0 Å². The third-order valence-electron chi connectivity index (χ3n) is 16.6. The Balaban J connectivity index is 1.38. The minimum Gasteiger partial charge on any atom is -0.459 e. The summed E-state index contributed by atoms with van der Waals surface area (Å²) in [6.45, 7) is 16.1. The molecular weight excluding hydrogens is 921 g/mol. The largest absolute Gasteiger partial charge is 0.459 e. The molecule has 17 nitrogen and oxygen atoms in total. The van der Waals surface area contributed by atoms with Gasteiger partial charge >= 0.3 is 5.97 Å². The third-order valence-corrected chi connectivity index (χ3v) is 16.6. The first-order valence-electron chi connectivity index (χ1n) is 26.9. The van der Waals surface area contributed by atoms with Crippen LogP contribution >= 0.6 is 0 Å². The van der Waals surface area contributed by atoms with Gasteiger partial charge in [-0.3, -0.25) is 0 Å². The maximum Gasteiger partial charge on any atom is 0.330 e. The van der Waals surface area contributed by atoms with Gasteiger partial charge in [0.2, 0.25) is 0 Å². The maximum absolute atomic E-state index is 13.8. The molecule has 0 aliphatic carbocycles. The van der Waals surface area contributed by atoms with Crippen LogP contribution in [-0.4, -0.2) is 171 Å². The zero-order chi connectivity index (χ0) is 52.4. The summed E-state index contributed by atoms with van der Waals surface area (Å²) < 4.78 is 56.4. The summed E-state index contributed by atoms with van der Waals surface area (Å²) in [6.07, 6.45) is 1.45. The van der Waals surface area contributed by atoms with E-state index in [1.54, 1.807) is 13.8 Å². The molecule has 5 heterocycles. The molecule has 0 aromatic carbocycles. The molecule has 8 unspecified atom stereocenters. The number of aliphatic hydroxyl groups excluding tert-OH is 5. The average molecular weight is 1020 g/mol. The summed E-state index contributed by atoms with van der Waals surface area (Å²) in [5, 5.41) is 80.8. The van der Waals surface area contributed by atoms with Crippen LogP contribution in [0, 0.1) is 23.7 Å². The van der Waals surface area contributed by atoms with Gasteiger partial charge in [0.05, 0.1) is 60.5 Å². The van der Waals surface area contributed by atoms with Gasteiger partial charge < -0.3 is 78.4 Å². The maximum atomic E-state index is 13.8. The van der Waals surface area contributed by atoms with E-state index in [4.69, 9.17) is 42.6 Å². The summed E-state index contributed by atoms with van der Waals surface area (Å²) in [6, 6.07) is 0. The molecule has 412 valence electrons. The molecule has 2 bridgehead atoms. The lowest BCUT2D eigenvalue weighted by atomic mass is 9.79. The molecule has 0 saturated carbocycles. The molecule has 1 spiro atoms. The number of fused-ring (bicyclic) bond motifs is 2. The van der Waals surface area contributed by atoms with Crippen LogP contribution in [0.3, 0.4) is 0 Å². The SMILES string of the molecule is CC[C@@H](O)C[C@@H]1O[C@@]2(CC[C@@H]1C)C[C@@H]1OC(=O)/C=C/[C@@](C)(O)[C@@H](O)[C@@H](C)[C@@H](O)[C@H](OC3CC(OC)C(OC4CC(OC)C(O)C(C)O4)C(C)O3)[C@@H](O)[C@](C)(O)CCCC/C=C\C[C@H](CC)CC[C@H](O2)[C@H]1C. The number of allylic oxidation sites excluding steroid dienone is 2. The van der Waals surface area contributed by atoms with Crippen molar-refractivity contribution in [1.29, 1.82) is 0 Å². The fourth-order valence-electron chi connectivity index (χ4n) is 11.3. The van der Waals surface area contributed by atoms with Crippen molar-refractivity contribution in [1.82, 2.24) is 0 Å². The van der Waals surface area contributed by atoms with Crippen LogP contribution in [0.25, 0.3) is 0 Å². The van der Waals surface area contributed by atoms with Gasteiger partial charge in [0.25, 0.3) is 0 Å². The predicted octanol–water partition coefficient (Wildman–Crippen LogP) is 5.53. The quantitative estimate of drug-likeness (QED) is 0.105. The van der Waals surface area contributed by atoms with Crippen molar-refractivity contribution in [3.8, 4) is 0 Å². The summed E-state index contributed by atoms with van der Waals surface area (Å²) in [5.74, 6) is -2.56. The van der Waals surface area contributed by atoms with E-state index in [1.807, 2.05) is 13.8 Å². The highest BCUT2D eigenvalue weighted by Gasteiger charge is 2.53. The van der Waals surface area contributed by atoms with Gasteiger partial charge in [0.1, 0.15) is 36.1 Å². The lowest BCUT2D eigenvalue weighted by Crippen LogP contribution is -2.59. The van der Waals surface area contributed by atoms with Gasteiger partial charge in [-0.1, -0.05) is 59.6 Å². The first-order valence-corrected chi connectivity index (χ1v) is 26.9. The van der Waals surface area contributed by atoms with Gasteiger partial charge in [-0.15, -0.1) is 0 Å². The van der Waals surface area contributed by atoms with Crippen LogP contribution in [0.5, 0.6) is 0 Å². The van der Waals surface area contributed by atoms with Crippen LogP contribution in [0.15, 0.2) is 24.3 Å². The number of carbonyl (C=O) groups is 1. The van der Waals surface area contributed by atoms with Gasteiger partial charge in [-0.25, -0.2) is 4.79 Å². The Kier molecular flexibility index (Phi) is 22.8. The van der Waals surface area contributed by atoms with E-state index < -0.39 is 115 Å². The molecule has 0 aromatic rings. The Labute approximate surface area is 423 Å². The topological polar surface area (TPSA) is 242 Å². The van der Waals surface area contributed by atoms with Gasteiger partial charge in [0.15, 0.2) is 18.4 Å². The van der Waals surface area contributed by atoms with Crippen molar-refractivity contribution in [2.24, 2.45) is 23.7 Å². The van der Waals surface area contributed by atoms with Crippen molar-refractivity contribution in [3.05, 3.63) is 24.3 Å². The lowest BCUT2D eigenvalue weighted by molar-refractivity contribution is -0.348. The number of ether oxygens (including phenoxy) is 9. The number of carbonyl (C=O) groups excluding carboxylic acids is 1. The van der Waals surface area contributed by atoms with E-state index in [-0.39, 0.29) is 43.3 Å². The van der Waals surface area contributed by atoms with Gasteiger partial charge in [-0.2, -0.15) is 0 Å². The smallest absolute Gasteiger partial charge is 0.330 e. The Morgan fingerprint density at radius 1 is 0.761 bits per heavy atom. The summed E-state index contributed by atoms with van der Waals surface area (Å²) in [7, 11) is 3.03. The molecule has 5 rings (SSSR count). The fraction of sp³-hybridized carbons (Fsp3) is 0.907. The molecule has 4 fully saturated rings. The van der Waals surface area contributed by atoms with Crippen molar-refractivity contribution >= 4 is 5.97 Å². The zero-order valence-corrected chi connectivity index (χ0v) is 44.7. The van der Waals surface area contributed by atoms with Crippen molar-refractivity contribution in [3.63, 3.8) is 0 Å². The first-order chi connectivity index (χ1) is 33.5. The Morgan fingerprint density at radius 3 is 2.08 bits per heavy atom. The lowest BCUT2D eigenvalue weighted by Gasteiger charge is -2.52. The standard InChI is InChI=1S/C54H94O17/c1-12-36-19-17-15-14-16-18-24-52(8,61)51(60)49(69-45-29-41(64-11)48(35(7)66-45)68-44-28-40(63-10)47(58)34(6)65-44)46(57)33(5)50(59)53(9,62)25-23-43(56)67-42-30-54(70-38(21-20-36)32(42)4)26-22-31(3)39(71-54)27-37(55)13-2/h15,17,23,25,31-42,44-51,55,57-62H,12-14,16,18-22,24,26-30H2,1-11H3/b17-15-,25-23+/t31-,32+,33-,34?,35?,36-,37+,38-,39-,40?,41?,42-,44?,45?,46+,47?,48?,49-,50-,51+,52+,53+,54-/m0/s1. The Hall–Kier alpha value is -1.65. The third kappa shape index (κ3) is 16.0. The summed E-state index contributed by atoms with van der Waals surface area (Å²) in [5.41, 5.74) is -3.88. The highest BCUT2D eigenvalue weighted by atomic mass is 16.7. The Morgan fingerprint density at radius 2 is 1.42 bits per heavy atom. The van der Waals surface area contributed by atoms with Crippen molar-refractivity contribution < 1.29 is 83.2 Å². The molecule has 0 aromatic heterocycles. The number of hydrogen-bond acceptors (Lipinski definition) is 17. The summed E-state index contributed by atoms with van der Waals surface area (Å²) in [4.78, 5) is 13.8. The number of hydrogen-bond donors (Lipinski definition) is 7. The monoisotopic (exact) mass is 1010 g/mol. The second kappa shape index (κ2) is 26.9. The number of aliphatic hydroxyl groups is 7. The van der Waals surface area contributed by atoms with Crippen LogP contribution in [0.4, 0.5) is 0 Å². The summed E-state index contributed by atoms with van der Waals surface area (Å²) >= 11 is 0. The van der Waals surface area contributed by atoms with Crippen LogP contribution in [0.1, 0.15) is 159 Å². The molecule has 0 radical (unpaired) electrons. The molecule has 4 saturated heterocycles. The fourth-order valence-corrected chi connectivity index (χ4v) is 11.3. The van der Waals surface area contributed by atoms with Crippen molar-refractivity contribution in [2.75, 3.05) is 14.2 Å². The van der Waals surface area contributed by atoms with E-state index in [9.17, 15) is 40.5 Å². The highest BCUT2D eigenvalue weighted by Crippen LogP contribution is 2.46. The number of methoxy groups -OCH3 is 2. The minimum atomic E-state index is -2.10. The second-order valence-corrected chi connectivity index (χ2v) is 22.3. The van der Waals surface area contributed by atoms with E-state index in [1.165, 1.54) is 35.0 Å². The molecule has 23 atom stereocenters. The zero-order valence-electron chi connectivity index (χ0n) is 44.7. The van der Waals surface area contributed by atoms with Gasteiger partial charge in [-0.05, 0) is 103 Å². The van der Waals surface area contributed by atoms with E-state index in [0.717, 1.165) is 57.1 Å². The average Bonchev–Trinajstić information content (AvgIpc) is 3.33. The molecule has 17 heteroatoms. The second-order valence-electron chi connectivity index (χ2n) is 22.3. The van der Waals surface area contributed by atoms with Crippen LogP contribution < -0.4 is 0 Å². The number of esters is 1. The Bertz CT molecular complexity index is 1660. The van der Waals surface area contributed by atoms with Crippen molar-refractivity contribution in [2.45, 2.75) is 274 Å². The van der Waals surface area contributed by atoms with E-state index in [0.29, 0.717) is 38.0 Å². The molecule has 0 amide bonds. The van der Waals surface area contributed by atoms with Crippen LogP contribution in [0.2, 0.25) is 0 Å². The molecule has 5 aliphatic heterocycles. The first kappa shape index (κ1) is 60.2. The predicted molar refractivity (Wildman–Crippen MR) is 264 cm³/mol. The molecule has 5 aliphatic rings. The van der Waals surface area contributed by atoms with Gasteiger partial charge in [0, 0.05) is 57.8 Å².